The molecule has 29 heavy (non-hydrogen) atoms. The number of para-hydroxylation sites is 2. The first-order chi connectivity index (χ1) is 14.2. The maximum absolute atomic E-state index is 12.6. The van der Waals surface area contributed by atoms with Gasteiger partial charge in [0.05, 0.1) is 29.2 Å². The normalized spacial score (nSPS) is 26.4. The summed E-state index contributed by atoms with van der Waals surface area (Å²) in [5.41, 5.74) is 2.29. The van der Waals surface area contributed by atoms with Gasteiger partial charge in [-0.1, -0.05) is 25.0 Å². The van der Waals surface area contributed by atoms with Gasteiger partial charge < -0.3 is 9.47 Å². The Kier molecular flexibility index (Phi) is 5.12. The zero-order chi connectivity index (χ0) is 19.8. The highest BCUT2D eigenvalue weighted by Crippen LogP contribution is 2.38. The molecule has 2 amide bonds. The molecule has 1 aliphatic carbocycles. The molecule has 2 aromatic rings. The standard InChI is InChI=1S/C23H30N4O2/c28-22-18-6-1-2-7-19(18)23(29)26(22)13-5-12-25-14-10-17(11-15-25)27-16-24-20-8-3-4-9-21(20)27/h3-4,8-9,16-19H,1-2,5-7,10-15H2/t18-,19+. The summed E-state index contributed by atoms with van der Waals surface area (Å²) in [5.74, 6) is 0.171. The Labute approximate surface area is 171 Å². The quantitative estimate of drug-likeness (QED) is 0.731. The average molecular weight is 395 g/mol. The molecule has 3 fully saturated rings. The van der Waals surface area contributed by atoms with Crippen molar-refractivity contribution in [1.29, 1.82) is 0 Å². The minimum Gasteiger partial charge on any atom is -0.327 e. The number of nitrogens with zero attached hydrogens (tertiary/aromatic N) is 4. The summed E-state index contributed by atoms with van der Waals surface area (Å²) in [5, 5.41) is 0. The number of piperidine rings is 1. The molecule has 3 heterocycles. The molecule has 154 valence electrons. The first-order valence-corrected chi connectivity index (χ1v) is 11.2. The summed E-state index contributed by atoms with van der Waals surface area (Å²) in [4.78, 5) is 33.8. The number of amides is 2. The van der Waals surface area contributed by atoms with Crippen molar-refractivity contribution in [3.8, 4) is 0 Å². The van der Waals surface area contributed by atoms with Crippen molar-refractivity contribution in [2.24, 2.45) is 11.8 Å². The predicted octanol–water partition coefficient (Wildman–Crippen LogP) is 3.24. The lowest BCUT2D eigenvalue weighted by atomic mass is 9.81. The molecule has 0 radical (unpaired) electrons. The molecular formula is C23H30N4O2. The highest BCUT2D eigenvalue weighted by Gasteiger charge is 2.47. The number of hydrogen-bond acceptors (Lipinski definition) is 4. The van der Waals surface area contributed by atoms with Gasteiger partial charge in [0.25, 0.3) is 0 Å². The van der Waals surface area contributed by atoms with Crippen LogP contribution in [0.15, 0.2) is 30.6 Å². The van der Waals surface area contributed by atoms with Crippen LogP contribution in [0.4, 0.5) is 0 Å². The maximum Gasteiger partial charge on any atom is 0.233 e. The molecule has 2 saturated heterocycles. The van der Waals surface area contributed by atoms with Gasteiger partial charge in [-0.3, -0.25) is 14.5 Å². The second-order valence-electron chi connectivity index (χ2n) is 8.89. The number of rotatable bonds is 5. The summed E-state index contributed by atoms with van der Waals surface area (Å²) in [6.07, 6.45) is 9.09. The van der Waals surface area contributed by atoms with Gasteiger partial charge in [-0.15, -0.1) is 0 Å². The number of hydrogen-bond donors (Lipinski definition) is 0. The number of likely N-dealkylation sites (tertiary alicyclic amines) is 2. The van der Waals surface area contributed by atoms with Gasteiger partial charge in [0.2, 0.25) is 11.8 Å². The minimum atomic E-state index is -0.0167. The van der Waals surface area contributed by atoms with Crippen molar-refractivity contribution in [1.82, 2.24) is 19.4 Å². The van der Waals surface area contributed by atoms with Crippen LogP contribution in [0.2, 0.25) is 0 Å². The van der Waals surface area contributed by atoms with Crippen LogP contribution < -0.4 is 0 Å². The van der Waals surface area contributed by atoms with Crippen LogP contribution in [-0.2, 0) is 9.59 Å². The van der Waals surface area contributed by atoms with Crippen molar-refractivity contribution in [2.45, 2.75) is 51.0 Å². The molecule has 1 aromatic carbocycles. The highest BCUT2D eigenvalue weighted by atomic mass is 16.2. The van der Waals surface area contributed by atoms with E-state index in [0.29, 0.717) is 12.6 Å². The number of carbonyl (C=O) groups excluding carboxylic acids is 2. The summed E-state index contributed by atoms with van der Waals surface area (Å²) in [6, 6.07) is 8.83. The SMILES string of the molecule is O=C1[C@H]2CCCC[C@H]2C(=O)N1CCCN1CCC(n2cnc3ccccc32)CC1. The van der Waals surface area contributed by atoms with Gasteiger partial charge in [-0.25, -0.2) is 4.98 Å². The van der Waals surface area contributed by atoms with E-state index < -0.39 is 0 Å². The number of imidazole rings is 1. The van der Waals surface area contributed by atoms with Crippen molar-refractivity contribution < 1.29 is 9.59 Å². The van der Waals surface area contributed by atoms with Gasteiger partial charge in [-0.2, -0.15) is 0 Å². The van der Waals surface area contributed by atoms with Crippen LogP contribution in [0.5, 0.6) is 0 Å². The van der Waals surface area contributed by atoms with E-state index in [4.69, 9.17) is 0 Å². The van der Waals surface area contributed by atoms with Crippen LogP contribution >= 0.6 is 0 Å². The smallest absolute Gasteiger partial charge is 0.233 e. The van der Waals surface area contributed by atoms with E-state index in [2.05, 4.69) is 32.7 Å². The van der Waals surface area contributed by atoms with Gasteiger partial charge in [0.15, 0.2) is 0 Å². The van der Waals surface area contributed by atoms with E-state index in [-0.39, 0.29) is 23.7 Å². The molecule has 0 spiro atoms. The number of imide groups is 1. The molecule has 6 heteroatoms. The van der Waals surface area contributed by atoms with Crippen molar-refractivity contribution in [3.05, 3.63) is 30.6 Å². The molecule has 5 rings (SSSR count). The summed E-state index contributed by atoms with van der Waals surface area (Å²) < 4.78 is 2.33. The average Bonchev–Trinajstić information content (AvgIpc) is 3.30. The fraction of sp³-hybridized carbons (Fsp3) is 0.609. The summed E-state index contributed by atoms with van der Waals surface area (Å²) >= 11 is 0. The van der Waals surface area contributed by atoms with Crippen LogP contribution in [0.3, 0.4) is 0 Å². The van der Waals surface area contributed by atoms with Gasteiger partial charge in [-0.05, 0) is 50.8 Å². The summed E-state index contributed by atoms with van der Waals surface area (Å²) in [7, 11) is 0. The third-order valence-corrected chi connectivity index (χ3v) is 7.22. The highest BCUT2D eigenvalue weighted by molar-refractivity contribution is 6.05. The van der Waals surface area contributed by atoms with Crippen LogP contribution in [0.1, 0.15) is 51.0 Å². The molecule has 0 unspecified atom stereocenters. The molecule has 3 aliphatic rings. The van der Waals surface area contributed by atoms with E-state index in [0.717, 1.165) is 70.1 Å². The minimum absolute atomic E-state index is 0.0167. The third kappa shape index (κ3) is 3.48. The molecule has 0 bridgehead atoms. The molecular weight excluding hydrogens is 364 g/mol. The molecule has 1 aromatic heterocycles. The van der Waals surface area contributed by atoms with Crippen molar-refractivity contribution in [3.63, 3.8) is 0 Å². The number of aromatic nitrogens is 2. The van der Waals surface area contributed by atoms with E-state index in [9.17, 15) is 9.59 Å². The Morgan fingerprint density at radius 3 is 2.31 bits per heavy atom. The zero-order valence-corrected chi connectivity index (χ0v) is 17.0. The largest absolute Gasteiger partial charge is 0.327 e. The lowest BCUT2D eigenvalue weighted by molar-refractivity contribution is -0.140. The first-order valence-electron chi connectivity index (χ1n) is 11.2. The van der Waals surface area contributed by atoms with Gasteiger partial charge >= 0.3 is 0 Å². The van der Waals surface area contributed by atoms with Crippen LogP contribution in [0.25, 0.3) is 11.0 Å². The lowest BCUT2D eigenvalue weighted by Crippen LogP contribution is -2.38. The van der Waals surface area contributed by atoms with Crippen molar-refractivity contribution >= 4 is 22.8 Å². The maximum atomic E-state index is 12.6. The zero-order valence-electron chi connectivity index (χ0n) is 17.0. The monoisotopic (exact) mass is 394 g/mol. The van der Waals surface area contributed by atoms with Crippen LogP contribution in [0, 0.1) is 11.8 Å². The fourth-order valence-corrected chi connectivity index (χ4v) is 5.59. The predicted molar refractivity (Wildman–Crippen MR) is 111 cm³/mol. The van der Waals surface area contributed by atoms with E-state index in [1.807, 2.05) is 12.4 Å². The van der Waals surface area contributed by atoms with E-state index in [1.54, 1.807) is 4.90 Å². The fourth-order valence-electron chi connectivity index (χ4n) is 5.59. The Hall–Kier alpha value is -2.21. The number of benzene rings is 1. The van der Waals surface area contributed by atoms with E-state index >= 15 is 0 Å². The third-order valence-electron chi connectivity index (χ3n) is 7.22. The second kappa shape index (κ2) is 7.90. The van der Waals surface area contributed by atoms with Gasteiger partial charge in [0.1, 0.15) is 0 Å². The lowest BCUT2D eigenvalue weighted by Gasteiger charge is -2.33. The Bertz CT molecular complexity index is 875. The molecule has 2 atom stereocenters. The molecule has 0 N–H and O–H groups in total. The Morgan fingerprint density at radius 1 is 0.897 bits per heavy atom. The summed E-state index contributed by atoms with van der Waals surface area (Å²) in [6.45, 7) is 3.68. The Morgan fingerprint density at radius 2 is 1.59 bits per heavy atom. The molecule has 1 saturated carbocycles. The first kappa shape index (κ1) is 18.8. The number of fused-ring (bicyclic) bond motifs is 2. The topological polar surface area (TPSA) is 58.4 Å². The Balaban J connectivity index is 1.11. The molecule has 6 nitrogen and oxygen atoms in total. The number of carbonyl (C=O) groups is 2. The molecule has 2 aliphatic heterocycles. The van der Waals surface area contributed by atoms with Crippen molar-refractivity contribution in [2.75, 3.05) is 26.2 Å². The second-order valence-corrected chi connectivity index (χ2v) is 8.89. The van der Waals surface area contributed by atoms with E-state index in [1.165, 1.54) is 5.52 Å². The van der Waals surface area contributed by atoms with Gasteiger partial charge in [0, 0.05) is 25.7 Å². The van der Waals surface area contributed by atoms with Crippen LogP contribution in [-0.4, -0.2) is 57.3 Å².